The van der Waals surface area contributed by atoms with E-state index in [4.69, 9.17) is 30.5 Å². The van der Waals surface area contributed by atoms with Crippen LogP contribution in [0.15, 0.2) is 17.4 Å². The Balaban J connectivity index is 2.83. The molecule has 0 bridgehead atoms. The van der Waals surface area contributed by atoms with Crippen LogP contribution in [0.1, 0.15) is 10.4 Å². The van der Waals surface area contributed by atoms with Gasteiger partial charge in [-0.1, -0.05) is 23.4 Å². The lowest BCUT2D eigenvalue weighted by Crippen LogP contribution is -2.08. The molecular weight excluding hydrogens is 368 g/mol. The highest BCUT2D eigenvalue weighted by molar-refractivity contribution is 7.98. The molecule has 0 N–H and O–H groups in total. The van der Waals surface area contributed by atoms with Crippen LogP contribution in [-0.4, -0.2) is 50.6 Å². The van der Waals surface area contributed by atoms with Crippen molar-refractivity contribution in [3.8, 4) is 28.5 Å². The molecule has 0 aliphatic rings. The van der Waals surface area contributed by atoms with Crippen molar-refractivity contribution < 1.29 is 23.7 Å². The number of halogens is 1. The van der Waals surface area contributed by atoms with Crippen molar-refractivity contribution in [3.63, 3.8) is 0 Å². The predicted molar refractivity (Wildman–Crippen MR) is 95.3 cm³/mol. The fourth-order valence-electron chi connectivity index (χ4n) is 2.22. The van der Waals surface area contributed by atoms with Crippen molar-refractivity contribution in [1.29, 1.82) is 0 Å². The predicted octanol–water partition coefficient (Wildman–Crippen LogP) is 3.33. The van der Waals surface area contributed by atoms with E-state index in [1.54, 1.807) is 6.07 Å². The third kappa shape index (κ3) is 3.59. The van der Waals surface area contributed by atoms with Crippen LogP contribution >= 0.6 is 23.4 Å². The summed E-state index contributed by atoms with van der Waals surface area (Å²) in [6.07, 6.45) is 3.23. The topological polar surface area (TPSA) is 79.8 Å². The van der Waals surface area contributed by atoms with Gasteiger partial charge in [-0.2, -0.15) is 0 Å². The summed E-state index contributed by atoms with van der Waals surface area (Å²) >= 11 is 7.83. The van der Waals surface area contributed by atoms with Gasteiger partial charge in [0, 0.05) is 11.8 Å². The Morgan fingerprint density at radius 2 is 1.80 bits per heavy atom. The van der Waals surface area contributed by atoms with Gasteiger partial charge in [0.2, 0.25) is 5.75 Å². The molecule has 0 saturated heterocycles. The first kappa shape index (κ1) is 19.1. The number of nitrogens with zero attached hydrogens (tertiary/aromatic N) is 2. The molecule has 2 rings (SSSR count). The summed E-state index contributed by atoms with van der Waals surface area (Å²) in [5, 5.41) is 0.712. The zero-order valence-corrected chi connectivity index (χ0v) is 15.9. The molecule has 1 aromatic carbocycles. The SMILES string of the molecule is COC(=O)c1cnc(SC)nc1-c1cc(OC)c(OC)c(OC)c1Cl. The minimum atomic E-state index is -0.576. The number of thioether (sulfide) groups is 1. The number of hydrogen-bond donors (Lipinski definition) is 0. The molecule has 0 fully saturated rings. The number of rotatable bonds is 6. The van der Waals surface area contributed by atoms with Gasteiger partial charge in [0.05, 0.1) is 39.2 Å². The van der Waals surface area contributed by atoms with Crippen molar-refractivity contribution in [2.24, 2.45) is 0 Å². The van der Waals surface area contributed by atoms with Crippen LogP contribution in [0.5, 0.6) is 17.2 Å². The van der Waals surface area contributed by atoms with E-state index >= 15 is 0 Å². The summed E-state index contributed by atoms with van der Waals surface area (Å²) in [4.78, 5) is 20.6. The number of methoxy groups -OCH3 is 4. The minimum absolute atomic E-state index is 0.177. The molecule has 25 heavy (non-hydrogen) atoms. The third-order valence-corrected chi connectivity index (χ3v) is 4.32. The van der Waals surface area contributed by atoms with Crippen LogP contribution in [0, 0.1) is 0 Å². The van der Waals surface area contributed by atoms with E-state index in [-0.39, 0.29) is 16.3 Å². The second-order valence-electron chi connectivity index (χ2n) is 4.62. The Morgan fingerprint density at radius 3 is 2.32 bits per heavy atom. The summed E-state index contributed by atoms with van der Waals surface area (Å²) in [6, 6.07) is 1.63. The molecule has 0 atom stereocenters. The lowest BCUT2D eigenvalue weighted by molar-refractivity contribution is 0.0600. The van der Waals surface area contributed by atoms with E-state index in [9.17, 15) is 4.79 Å². The molecule has 2 aromatic rings. The molecule has 0 aliphatic heterocycles. The minimum Gasteiger partial charge on any atom is -0.493 e. The van der Waals surface area contributed by atoms with E-state index in [2.05, 4.69) is 9.97 Å². The van der Waals surface area contributed by atoms with Crippen molar-refractivity contribution in [2.45, 2.75) is 5.16 Å². The molecule has 1 aromatic heterocycles. The van der Waals surface area contributed by atoms with Crippen molar-refractivity contribution in [3.05, 3.63) is 22.8 Å². The largest absolute Gasteiger partial charge is 0.493 e. The molecule has 9 heteroatoms. The Hall–Kier alpha value is -2.19. The van der Waals surface area contributed by atoms with Gasteiger partial charge >= 0.3 is 5.97 Å². The van der Waals surface area contributed by atoms with Crippen LogP contribution in [0.4, 0.5) is 0 Å². The molecule has 0 unspecified atom stereocenters. The summed E-state index contributed by atoms with van der Waals surface area (Å²) in [6.45, 7) is 0. The van der Waals surface area contributed by atoms with Gasteiger partial charge in [-0.25, -0.2) is 14.8 Å². The smallest absolute Gasteiger partial charge is 0.341 e. The van der Waals surface area contributed by atoms with E-state index in [0.29, 0.717) is 27.9 Å². The van der Waals surface area contributed by atoms with Crippen molar-refractivity contribution in [2.75, 3.05) is 34.7 Å². The number of carbonyl (C=O) groups excluding carboxylic acids is 1. The highest BCUT2D eigenvalue weighted by Crippen LogP contribution is 2.48. The first-order valence-corrected chi connectivity index (χ1v) is 8.60. The van der Waals surface area contributed by atoms with Crippen molar-refractivity contribution >= 4 is 29.3 Å². The molecule has 0 radical (unpaired) electrons. The van der Waals surface area contributed by atoms with Gasteiger partial charge in [0.25, 0.3) is 0 Å². The fourth-order valence-corrected chi connectivity index (χ4v) is 2.87. The summed E-state index contributed by atoms with van der Waals surface area (Å²) in [7, 11) is 5.71. The second-order valence-corrected chi connectivity index (χ2v) is 5.77. The first-order valence-electron chi connectivity index (χ1n) is 7.00. The molecule has 0 aliphatic carbocycles. The van der Waals surface area contributed by atoms with E-state index in [0.717, 1.165) is 0 Å². The van der Waals surface area contributed by atoms with E-state index in [1.165, 1.54) is 46.4 Å². The number of carbonyl (C=O) groups is 1. The monoisotopic (exact) mass is 384 g/mol. The third-order valence-electron chi connectivity index (χ3n) is 3.38. The number of esters is 1. The average Bonchev–Trinajstić information content (AvgIpc) is 2.66. The van der Waals surface area contributed by atoms with Gasteiger partial charge in [-0.15, -0.1) is 0 Å². The highest BCUT2D eigenvalue weighted by Gasteiger charge is 2.25. The van der Waals surface area contributed by atoms with Crippen LogP contribution in [0.2, 0.25) is 5.02 Å². The Kier molecular flexibility index (Phi) is 6.33. The molecule has 7 nitrogen and oxygen atoms in total. The van der Waals surface area contributed by atoms with Gasteiger partial charge in [0.15, 0.2) is 16.7 Å². The number of hydrogen-bond acceptors (Lipinski definition) is 8. The maximum absolute atomic E-state index is 12.1. The maximum atomic E-state index is 12.1. The summed E-state index contributed by atoms with van der Waals surface area (Å²) in [5.74, 6) is 0.433. The van der Waals surface area contributed by atoms with Gasteiger partial charge in [-0.3, -0.25) is 0 Å². The first-order chi connectivity index (χ1) is 12.0. The maximum Gasteiger partial charge on any atom is 0.341 e. The van der Waals surface area contributed by atoms with Crippen molar-refractivity contribution in [1.82, 2.24) is 9.97 Å². The molecule has 134 valence electrons. The Labute approximate surface area is 154 Å². The van der Waals surface area contributed by atoms with Crippen LogP contribution in [0.25, 0.3) is 11.3 Å². The lowest BCUT2D eigenvalue weighted by Gasteiger charge is -2.17. The summed E-state index contributed by atoms with van der Waals surface area (Å²) in [5.41, 5.74) is 0.932. The van der Waals surface area contributed by atoms with Gasteiger partial charge in [-0.05, 0) is 12.3 Å². The quantitative estimate of drug-likeness (QED) is 0.426. The second kappa shape index (κ2) is 8.26. The zero-order valence-electron chi connectivity index (χ0n) is 14.4. The van der Waals surface area contributed by atoms with Crippen LogP contribution < -0.4 is 14.2 Å². The molecular formula is C16H17ClN2O5S. The number of aromatic nitrogens is 2. The molecule has 1 heterocycles. The average molecular weight is 385 g/mol. The standard InChI is InChI=1S/C16H17ClN2O5S/c1-21-10-6-8(11(17)14(23-3)13(10)22-2)12-9(15(20)24-4)7-18-16(19-12)25-5/h6-7H,1-5H3. The molecule has 0 amide bonds. The zero-order chi connectivity index (χ0) is 18.6. The van der Waals surface area contributed by atoms with Gasteiger partial charge in [0.1, 0.15) is 5.56 Å². The Bertz CT molecular complexity index is 801. The summed E-state index contributed by atoms with van der Waals surface area (Å²) < 4.78 is 20.8. The van der Waals surface area contributed by atoms with Crippen LogP contribution in [0.3, 0.4) is 0 Å². The van der Waals surface area contributed by atoms with Gasteiger partial charge < -0.3 is 18.9 Å². The van der Waals surface area contributed by atoms with E-state index in [1.807, 2.05) is 6.26 Å². The lowest BCUT2D eigenvalue weighted by atomic mass is 10.1. The molecule has 0 saturated carbocycles. The van der Waals surface area contributed by atoms with Crippen LogP contribution in [-0.2, 0) is 4.74 Å². The number of ether oxygens (including phenoxy) is 4. The number of benzene rings is 1. The highest BCUT2D eigenvalue weighted by atomic mass is 35.5. The normalized spacial score (nSPS) is 10.3. The van der Waals surface area contributed by atoms with E-state index < -0.39 is 5.97 Å². The fraction of sp³-hybridized carbons (Fsp3) is 0.312. The molecule has 0 spiro atoms. The Morgan fingerprint density at radius 1 is 1.12 bits per heavy atom.